The second-order valence-electron chi connectivity index (χ2n) is 5.85. The van der Waals surface area contributed by atoms with Crippen LogP contribution in [0.25, 0.3) is 5.69 Å². The summed E-state index contributed by atoms with van der Waals surface area (Å²) in [7, 11) is 1.46. The first-order chi connectivity index (χ1) is 12.9. The number of para-hydroxylation sites is 2. The summed E-state index contributed by atoms with van der Waals surface area (Å²) in [6.45, 7) is 3.92. The molecule has 0 saturated carbocycles. The maximum Gasteiger partial charge on any atom is 0.281 e. The normalized spacial score (nSPS) is 10.8. The zero-order chi connectivity index (χ0) is 19.6. The van der Waals surface area contributed by atoms with Crippen molar-refractivity contribution in [3.8, 4) is 17.2 Å². The van der Waals surface area contributed by atoms with Crippen molar-refractivity contribution in [2.24, 2.45) is 0 Å². The minimum absolute atomic E-state index is 0.173. The maximum absolute atomic E-state index is 12.5. The molecule has 0 fully saturated rings. The third-order valence-corrected chi connectivity index (χ3v) is 4.73. The molecule has 0 aliphatic carbocycles. The van der Waals surface area contributed by atoms with E-state index in [4.69, 9.17) is 4.74 Å². The van der Waals surface area contributed by atoms with E-state index in [1.54, 1.807) is 24.3 Å². The number of anilines is 1. The van der Waals surface area contributed by atoms with E-state index < -0.39 is 17.2 Å². The van der Waals surface area contributed by atoms with Gasteiger partial charge in [-0.15, -0.1) is 10.2 Å². The van der Waals surface area contributed by atoms with Crippen LogP contribution >= 0.6 is 11.3 Å². The number of aromatic hydroxyl groups is 1. The summed E-state index contributed by atoms with van der Waals surface area (Å²) in [5.74, 6) is -0.665. The summed E-state index contributed by atoms with van der Waals surface area (Å²) in [4.78, 5) is 24.8. The SMILES string of the molecule is COc1ccccc1-n1nc(C(=O)Nc2nnc(C(C)C)s2)c(O)cc1=O. The molecule has 0 atom stereocenters. The topological polar surface area (TPSA) is 119 Å². The van der Waals surface area contributed by atoms with Gasteiger partial charge in [0, 0.05) is 12.0 Å². The molecule has 9 nitrogen and oxygen atoms in total. The minimum atomic E-state index is -0.706. The third-order valence-electron chi connectivity index (χ3n) is 3.59. The number of benzene rings is 1. The van der Waals surface area contributed by atoms with Crippen LogP contribution in [0.15, 0.2) is 35.1 Å². The fraction of sp³-hybridized carbons (Fsp3) is 0.235. The van der Waals surface area contributed by atoms with Crippen molar-refractivity contribution in [3.05, 3.63) is 51.4 Å². The lowest BCUT2D eigenvalue weighted by molar-refractivity contribution is 0.101. The minimum Gasteiger partial charge on any atom is -0.505 e. The van der Waals surface area contributed by atoms with Crippen molar-refractivity contribution in [3.63, 3.8) is 0 Å². The van der Waals surface area contributed by atoms with E-state index in [1.165, 1.54) is 18.4 Å². The first kappa shape index (κ1) is 18.5. The van der Waals surface area contributed by atoms with Gasteiger partial charge in [0.25, 0.3) is 11.5 Å². The van der Waals surface area contributed by atoms with Gasteiger partial charge in [-0.05, 0) is 12.1 Å². The smallest absolute Gasteiger partial charge is 0.281 e. The molecule has 0 saturated heterocycles. The van der Waals surface area contributed by atoms with Crippen LogP contribution in [0.3, 0.4) is 0 Å². The molecule has 0 unspecified atom stereocenters. The molecule has 0 aliphatic rings. The summed E-state index contributed by atoms with van der Waals surface area (Å²) in [5.41, 5.74) is -0.578. The van der Waals surface area contributed by atoms with Gasteiger partial charge in [-0.2, -0.15) is 9.78 Å². The molecule has 3 rings (SSSR count). The first-order valence-electron chi connectivity index (χ1n) is 8.02. The Balaban J connectivity index is 1.98. The molecule has 27 heavy (non-hydrogen) atoms. The summed E-state index contributed by atoms with van der Waals surface area (Å²) >= 11 is 1.23. The predicted octanol–water partition coefficient (Wildman–Crippen LogP) is 2.17. The lowest BCUT2D eigenvalue weighted by atomic mass is 10.2. The fourth-order valence-electron chi connectivity index (χ4n) is 2.26. The van der Waals surface area contributed by atoms with Crippen LogP contribution in [0.5, 0.6) is 11.5 Å². The van der Waals surface area contributed by atoms with E-state index in [2.05, 4.69) is 20.6 Å². The third kappa shape index (κ3) is 3.80. The molecule has 2 heterocycles. The largest absolute Gasteiger partial charge is 0.505 e. The first-order valence-corrected chi connectivity index (χ1v) is 8.84. The molecule has 0 spiro atoms. The van der Waals surface area contributed by atoms with Gasteiger partial charge in [-0.25, -0.2) is 0 Å². The number of nitrogens with zero attached hydrogens (tertiary/aromatic N) is 4. The van der Waals surface area contributed by atoms with E-state index in [0.717, 1.165) is 15.8 Å². The zero-order valence-electron chi connectivity index (χ0n) is 14.8. The molecule has 10 heteroatoms. The van der Waals surface area contributed by atoms with E-state index >= 15 is 0 Å². The molecule has 0 bridgehead atoms. The number of methoxy groups -OCH3 is 1. The Morgan fingerprint density at radius 2 is 2.04 bits per heavy atom. The van der Waals surface area contributed by atoms with E-state index in [9.17, 15) is 14.7 Å². The number of amides is 1. The van der Waals surface area contributed by atoms with Crippen LogP contribution in [0, 0.1) is 0 Å². The number of carbonyl (C=O) groups is 1. The van der Waals surface area contributed by atoms with Crippen LogP contribution in [0.1, 0.15) is 35.3 Å². The highest BCUT2D eigenvalue weighted by Gasteiger charge is 2.20. The van der Waals surface area contributed by atoms with Gasteiger partial charge >= 0.3 is 0 Å². The molecule has 0 aliphatic heterocycles. The number of hydrogen-bond donors (Lipinski definition) is 2. The number of hydrogen-bond acceptors (Lipinski definition) is 8. The Labute approximate surface area is 158 Å². The molecular weight excluding hydrogens is 370 g/mol. The molecule has 2 aromatic heterocycles. The molecule has 2 N–H and O–H groups in total. The quantitative estimate of drug-likeness (QED) is 0.688. The van der Waals surface area contributed by atoms with Gasteiger partial charge in [0.2, 0.25) is 5.13 Å². The van der Waals surface area contributed by atoms with Crippen LogP contribution < -0.4 is 15.6 Å². The van der Waals surface area contributed by atoms with Crippen LogP contribution in [-0.2, 0) is 0 Å². The van der Waals surface area contributed by atoms with Crippen LogP contribution in [0.4, 0.5) is 5.13 Å². The number of rotatable bonds is 5. The molecule has 140 valence electrons. The van der Waals surface area contributed by atoms with E-state index in [1.807, 2.05) is 13.8 Å². The highest BCUT2D eigenvalue weighted by molar-refractivity contribution is 7.15. The fourth-order valence-corrected chi connectivity index (χ4v) is 3.00. The Morgan fingerprint density at radius 1 is 1.30 bits per heavy atom. The monoisotopic (exact) mass is 387 g/mol. The molecule has 1 amide bonds. The van der Waals surface area contributed by atoms with Crippen molar-refractivity contribution in [1.29, 1.82) is 0 Å². The van der Waals surface area contributed by atoms with Gasteiger partial charge in [0.1, 0.15) is 16.4 Å². The second-order valence-corrected chi connectivity index (χ2v) is 6.86. The standard InChI is InChI=1S/C17H17N5O4S/c1-9(2)16-19-20-17(27-16)18-15(25)14-11(23)8-13(24)22(21-14)10-6-4-5-7-12(10)26-3/h4-9,23H,1-3H3,(H,18,20,25). The summed E-state index contributed by atoms with van der Waals surface area (Å²) in [5, 5.41) is 25.5. The summed E-state index contributed by atoms with van der Waals surface area (Å²) < 4.78 is 6.22. The average Bonchev–Trinajstić information content (AvgIpc) is 3.10. The van der Waals surface area contributed by atoms with Gasteiger partial charge in [0.05, 0.1) is 7.11 Å². The Kier molecular flexibility index (Phi) is 5.17. The van der Waals surface area contributed by atoms with Crippen molar-refractivity contribution < 1.29 is 14.6 Å². The highest BCUT2D eigenvalue weighted by atomic mass is 32.1. The Bertz CT molecular complexity index is 1040. The van der Waals surface area contributed by atoms with Gasteiger partial charge in [-0.3, -0.25) is 14.9 Å². The Morgan fingerprint density at radius 3 is 2.70 bits per heavy atom. The van der Waals surface area contributed by atoms with Crippen molar-refractivity contribution in [2.75, 3.05) is 12.4 Å². The number of nitrogens with one attached hydrogen (secondary N) is 1. The van der Waals surface area contributed by atoms with Gasteiger partial charge < -0.3 is 9.84 Å². The summed E-state index contributed by atoms with van der Waals surface area (Å²) in [6.07, 6.45) is 0. The predicted molar refractivity (Wildman–Crippen MR) is 100 cm³/mol. The van der Waals surface area contributed by atoms with E-state index in [-0.39, 0.29) is 16.7 Å². The highest BCUT2D eigenvalue weighted by Crippen LogP contribution is 2.24. The van der Waals surface area contributed by atoms with Crippen molar-refractivity contribution in [2.45, 2.75) is 19.8 Å². The molecule has 1 aromatic carbocycles. The molecule has 0 radical (unpaired) electrons. The van der Waals surface area contributed by atoms with Crippen molar-refractivity contribution in [1.82, 2.24) is 20.0 Å². The summed E-state index contributed by atoms with van der Waals surface area (Å²) in [6, 6.07) is 7.64. The lowest BCUT2D eigenvalue weighted by Crippen LogP contribution is -2.25. The van der Waals surface area contributed by atoms with Gasteiger partial charge in [0.15, 0.2) is 11.4 Å². The van der Waals surface area contributed by atoms with Crippen LogP contribution in [0.2, 0.25) is 0 Å². The number of ether oxygens (including phenoxy) is 1. The maximum atomic E-state index is 12.5. The van der Waals surface area contributed by atoms with E-state index in [0.29, 0.717) is 11.4 Å². The zero-order valence-corrected chi connectivity index (χ0v) is 15.6. The van der Waals surface area contributed by atoms with Gasteiger partial charge in [-0.1, -0.05) is 37.3 Å². The lowest BCUT2D eigenvalue weighted by Gasteiger charge is -2.11. The van der Waals surface area contributed by atoms with Crippen molar-refractivity contribution >= 4 is 22.4 Å². The number of carbonyl (C=O) groups excluding carboxylic acids is 1. The Hall–Kier alpha value is -3.27. The second kappa shape index (κ2) is 7.54. The molecular formula is C17H17N5O4S. The van der Waals surface area contributed by atoms with Crippen LogP contribution in [-0.4, -0.2) is 38.1 Å². The average molecular weight is 387 g/mol. The molecule has 3 aromatic rings. The number of aromatic nitrogens is 4.